The first-order valence-corrected chi connectivity index (χ1v) is 8.87. The number of carbonyl (C=O) groups is 1. The van der Waals surface area contributed by atoms with Gasteiger partial charge >= 0.3 is 0 Å². The molecule has 2 aromatic heterocycles. The summed E-state index contributed by atoms with van der Waals surface area (Å²) in [4.78, 5) is 25.0. The Morgan fingerprint density at radius 2 is 2.12 bits per heavy atom. The fourth-order valence-corrected chi connectivity index (χ4v) is 4.22. The molecule has 1 unspecified atom stereocenters. The maximum absolute atomic E-state index is 13.0. The average molecular weight is 359 g/mol. The lowest BCUT2D eigenvalue weighted by molar-refractivity contribution is 0.0587. The summed E-state index contributed by atoms with van der Waals surface area (Å²) in [7, 11) is 2.09. The van der Waals surface area contributed by atoms with Crippen molar-refractivity contribution in [3.63, 3.8) is 0 Å². The summed E-state index contributed by atoms with van der Waals surface area (Å²) >= 11 is 0. The fraction of sp³-hybridized carbons (Fsp3) is 0.556. The third-order valence-corrected chi connectivity index (χ3v) is 5.64. The molecule has 2 aliphatic rings. The van der Waals surface area contributed by atoms with E-state index in [1.165, 1.54) is 12.1 Å². The highest BCUT2D eigenvalue weighted by atomic mass is 19.1. The zero-order valence-electron chi connectivity index (χ0n) is 15.0. The predicted molar refractivity (Wildman–Crippen MR) is 90.8 cm³/mol. The van der Waals surface area contributed by atoms with E-state index in [0.29, 0.717) is 24.7 Å². The van der Waals surface area contributed by atoms with E-state index in [9.17, 15) is 9.18 Å². The van der Waals surface area contributed by atoms with E-state index in [2.05, 4.69) is 27.1 Å². The molecule has 0 aliphatic carbocycles. The number of nitrogens with zero attached hydrogens (tertiary/aromatic N) is 5. The largest absolute Gasteiger partial charge is 0.340 e. The average Bonchev–Trinajstić information content (AvgIpc) is 3.19. The van der Waals surface area contributed by atoms with E-state index < -0.39 is 5.82 Å². The molecule has 4 heterocycles. The van der Waals surface area contributed by atoms with Crippen LogP contribution in [0.5, 0.6) is 0 Å². The Hall–Kier alpha value is -2.35. The lowest BCUT2D eigenvalue weighted by atomic mass is 9.76. The summed E-state index contributed by atoms with van der Waals surface area (Å²) in [5, 5.41) is 4.08. The summed E-state index contributed by atoms with van der Waals surface area (Å²) in [5.41, 5.74) is 0.465. The third kappa shape index (κ3) is 3.09. The van der Waals surface area contributed by atoms with Crippen molar-refractivity contribution in [2.24, 2.45) is 5.41 Å². The molecule has 1 spiro atoms. The normalized spacial score (nSPS) is 22.9. The molecule has 8 heteroatoms. The molecule has 2 aliphatic heterocycles. The van der Waals surface area contributed by atoms with Crippen LogP contribution in [0.4, 0.5) is 4.39 Å². The molecule has 26 heavy (non-hydrogen) atoms. The molecule has 1 atom stereocenters. The van der Waals surface area contributed by atoms with E-state index in [1.807, 2.05) is 4.90 Å². The molecular weight excluding hydrogens is 337 g/mol. The quantitative estimate of drug-likeness (QED) is 0.818. The number of hydrogen-bond acceptors (Lipinski definition) is 6. The Morgan fingerprint density at radius 1 is 1.35 bits per heavy atom. The van der Waals surface area contributed by atoms with Crippen LogP contribution in [-0.2, 0) is 0 Å². The molecule has 2 saturated heterocycles. The highest BCUT2D eigenvalue weighted by molar-refractivity contribution is 5.92. The Morgan fingerprint density at radius 3 is 2.73 bits per heavy atom. The maximum Gasteiger partial charge on any atom is 0.272 e. The van der Waals surface area contributed by atoms with Crippen molar-refractivity contribution in [3.05, 3.63) is 41.6 Å². The molecule has 0 saturated carbocycles. The van der Waals surface area contributed by atoms with Gasteiger partial charge in [0.1, 0.15) is 11.5 Å². The van der Waals surface area contributed by atoms with Gasteiger partial charge in [-0.1, -0.05) is 5.16 Å². The highest BCUT2D eigenvalue weighted by Crippen LogP contribution is 2.47. The molecule has 1 amide bonds. The van der Waals surface area contributed by atoms with Crippen LogP contribution >= 0.6 is 0 Å². The smallest absolute Gasteiger partial charge is 0.272 e. The first-order valence-electron chi connectivity index (χ1n) is 8.87. The molecule has 0 radical (unpaired) electrons. The van der Waals surface area contributed by atoms with Crippen LogP contribution in [0.25, 0.3) is 0 Å². The molecule has 7 nitrogen and oxygen atoms in total. The summed E-state index contributed by atoms with van der Waals surface area (Å²) < 4.78 is 18.1. The van der Waals surface area contributed by atoms with Crippen LogP contribution in [-0.4, -0.2) is 57.5 Å². The standard InChI is InChI=1S/C18H22FN5O2/c1-12-21-16(22-26-12)15-9-18(11-23(15)2)5-7-24(8-6-18)17(25)14-4-3-13(19)10-20-14/h3-4,10,15H,5-9,11H2,1-2H3. The van der Waals surface area contributed by atoms with Gasteiger partial charge in [0.25, 0.3) is 5.91 Å². The van der Waals surface area contributed by atoms with Gasteiger partial charge in [0.05, 0.1) is 12.2 Å². The zero-order chi connectivity index (χ0) is 18.3. The van der Waals surface area contributed by atoms with Crippen molar-refractivity contribution in [1.29, 1.82) is 0 Å². The molecule has 0 N–H and O–H groups in total. The van der Waals surface area contributed by atoms with E-state index in [-0.39, 0.29) is 17.4 Å². The second-order valence-electron chi connectivity index (χ2n) is 7.46. The van der Waals surface area contributed by atoms with Crippen LogP contribution < -0.4 is 0 Å². The van der Waals surface area contributed by atoms with Crippen molar-refractivity contribution in [1.82, 2.24) is 24.9 Å². The van der Waals surface area contributed by atoms with Crippen LogP contribution in [0.3, 0.4) is 0 Å². The number of aryl methyl sites for hydroxylation is 1. The number of amides is 1. The number of hydrogen-bond donors (Lipinski definition) is 0. The van der Waals surface area contributed by atoms with Crippen LogP contribution in [0.1, 0.15) is 47.5 Å². The Bertz CT molecular complexity index is 798. The Balaban J connectivity index is 1.41. The number of pyridine rings is 1. The summed E-state index contributed by atoms with van der Waals surface area (Å²) in [5.74, 6) is 0.768. The zero-order valence-corrected chi connectivity index (χ0v) is 15.0. The second-order valence-corrected chi connectivity index (χ2v) is 7.46. The summed E-state index contributed by atoms with van der Waals surface area (Å²) in [6, 6.07) is 2.88. The van der Waals surface area contributed by atoms with E-state index in [0.717, 1.165) is 37.8 Å². The van der Waals surface area contributed by atoms with E-state index >= 15 is 0 Å². The number of rotatable bonds is 2. The minimum absolute atomic E-state index is 0.128. The minimum Gasteiger partial charge on any atom is -0.340 e. The van der Waals surface area contributed by atoms with E-state index in [1.54, 1.807) is 6.92 Å². The van der Waals surface area contributed by atoms with Gasteiger partial charge in [-0.3, -0.25) is 9.69 Å². The number of halogens is 1. The van der Waals surface area contributed by atoms with Crippen molar-refractivity contribution in [2.45, 2.75) is 32.2 Å². The highest BCUT2D eigenvalue weighted by Gasteiger charge is 2.46. The third-order valence-electron chi connectivity index (χ3n) is 5.64. The monoisotopic (exact) mass is 359 g/mol. The van der Waals surface area contributed by atoms with Gasteiger partial charge in [0, 0.05) is 26.6 Å². The lowest BCUT2D eigenvalue weighted by Crippen LogP contribution is -2.44. The lowest BCUT2D eigenvalue weighted by Gasteiger charge is -2.39. The van der Waals surface area contributed by atoms with Gasteiger partial charge in [-0.2, -0.15) is 4.98 Å². The Kier molecular flexibility index (Phi) is 4.22. The molecule has 2 fully saturated rings. The molecule has 0 bridgehead atoms. The maximum atomic E-state index is 13.0. The number of carbonyl (C=O) groups excluding carboxylic acids is 1. The van der Waals surface area contributed by atoms with Crippen LogP contribution in [0, 0.1) is 18.2 Å². The van der Waals surface area contributed by atoms with Gasteiger partial charge in [0.15, 0.2) is 5.82 Å². The molecule has 0 aromatic carbocycles. The number of piperidine rings is 1. The Labute approximate surface area is 151 Å². The predicted octanol–water partition coefficient (Wildman–Crippen LogP) is 2.21. The molecule has 138 valence electrons. The minimum atomic E-state index is -0.434. The summed E-state index contributed by atoms with van der Waals surface area (Å²) in [6.07, 6.45) is 3.91. The van der Waals surface area contributed by atoms with Crippen molar-refractivity contribution >= 4 is 5.91 Å². The first kappa shape index (κ1) is 17.1. The number of aromatic nitrogens is 3. The van der Waals surface area contributed by atoms with Crippen molar-refractivity contribution < 1.29 is 13.7 Å². The SMILES string of the molecule is Cc1nc(C2CC3(CCN(C(=O)c4ccc(F)cn4)CC3)CN2C)no1. The van der Waals surface area contributed by atoms with Gasteiger partial charge in [-0.15, -0.1) is 0 Å². The van der Waals surface area contributed by atoms with Gasteiger partial charge in [-0.25, -0.2) is 9.37 Å². The number of likely N-dealkylation sites (tertiary alicyclic amines) is 2. The fourth-order valence-electron chi connectivity index (χ4n) is 4.22. The van der Waals surface area contributed by atoms with Crippen LogP contribution in [0.15, 0.2) is 22.9 Å². The molecular formula is C18H22FN5O2. The van der Waals surface area contributed by atoms with Gasteiger partial charge < -0.3 is 9.42 Å². The molecule has 2 aromatic rings. The van der Waals surface area contributed by atoms with Crippen molar-refractivity contribution in [3.8, 4) is 0 Å². The van der Waals surface area contributed by atoms with Crippen LogP contribution in [0.2, 0.25) is 0 Å². The molecule has 4 rings (SSSR count). The van der Waals surface area contributed by atoms with Gasteiger partial charge in [-0.05, 0) is 43.9 Å². The van der Waals surface area contributed by atoms with Crippen molar-refractivity contribution in [2.75, 3.05) is 26.7 Å². The second kappa shape index (κ2) is 6.42. The van der Waals surface area contributed by atoms with Gasteiger partial charge in [0.2, 0.25) is 5.89 Å². The first-order chi connectivity index (χ1) is 12.5. The topological polar surface area (TPSA) is 75.4 Å². The van der Waals surface area contributed by atoms with E-state index in [4.69, 9.17) is 4.52 Å². The summed E-state index contributed by atoms with van der Waals surface area (Å²) in [6.45, 7) is 4.13.